The zero-order valence-corrected chi connectivity index (χ0v) is 9.21. The Kier molecular flexibility index (Phi) is 2.55. The van der Waals surface area contributed by atoms with E-state index in [1.165, 1.54) is 5.82 Å². The van der Waals surface area contributed by atoms with E-state index in [1.807, 2.05) is 11.7 Å². The van der Waals surface area contributed by atoms with Crippen molar-refractivity contribution in [2.24, 2.45) is 7.05 Å². The summed E-state index contributed by atoms with van der Waals surface area (Å²) >= 11 is 3.38. The third-order valence-corrected chi connectivity index (χ3v) is 2.65. The summed E-state index contributed by atoms with van der Waals surface area (Å²) in [6.45, 7) is 4.24. The van der Waals surface area contributed by atoms with E-state index in [9.17, 15) is 0 Å². The summed E-state index contributed by atoms with van der Waals surface area (Å²) in [5.41, 5.74) is 0. The van der Waals surface area contributed by atoms with Crippen LogP contribution in [0.1, 0.15) is 0 Å². The number of aromatic nitrogens is 2. The van der Waals surface area contributed by atoms with E-state index in [0.717, 1.165) is 30.8 Å². The number of aryl methyl sites for hydroxylation is 1. The Bertz CT molecular complexity index is 290. The molecule has 1 aromatic heterocycles. The van der Waals surface area contributed by atoms with Crippen LogP contribution in [0.15, 0.2) is 10.7 Å². The molecule has 0 aromatic carbocycles. The van der Waals surface area contributed by atoms with E-state index < -0.39 is 0 Å². The summed E-state index contributed by atoms with van der Waals surface area (Å²) in [5.74, 6) is 1.19. The maximum absolute atomic E-state index is 4.26. The van der Waals surface area contributed by atoms with Gasteiger partial charge in [0.05, 0.1) is 0 Å². The lowest BCUT2D eigenvalue weighted by Gasteiger charge is -2.28. The first kappa shape index (κ1) is 9.02. The van der Waals surface area contributed by atoms with Crippen LogP contribution >= 0.6 is 15.9 Å². The third-order valence-electron chi connectivity index (χ3n) is 2.27. The lowest BCUT2D eigenvalue weighted by molar-refractivity contribution is 0.572. The molecule has 72 valence electrons. The predicted molar refractivity (Wildman–Crippen MR) is 56.0 cm³/mol. The van der Waals surface area contributed by atoms with Crippen molar-refractivity contribution in [3.63, 3.8) is 0 Å². The highest BCUT2D eigenvalue weighted by atomic mass is 79.9. The Balaban J connectivity index is 2.18. The maximum atomic E-state index is 4.26. The second-order valence-corrected chi connectivity index (χ2v) is 4.00. The second kappa shape index (κ2) is 3.67. The van der Waals surface area contributed by atoms with Crippen molar-refractivity contribution in [2.75, 3.05) is 31.1 Å². The number of hydrogen-bond acceptors (Lipinski definition) is 3. The first-order chi connectivity index (χ1) is 6.27. The van der Waals surface area contributed by atoms with Gasteiger partial charge in [-0.3, -0.25) is 4.68 Å². The summed E-state index contributed by atoms with van der Waals surface area (Å²) in [6.07, 6.45) is 0. The van der Waals surface area contributed by atoms with Crippen LogP contribution in [0.25, 0.3) is 0 Å². The Labute approximate surface area is 86.0 Å². The van der Waals surface area contributed by atoms with Gasteiger partial charge in [-0.2, -0.15) is 5.10 Å². The standard InChI is InChI=1S/C8H13BrN4/c1-12-8(6-7(9)11-12)13-4-2-10-3-5-13/h6,10H,2-5H2,1H3. The van der Waals surface area contributed by atoms with Crippen LogP contribution in [-0.2, 0) is 7.05 Å². The van der Waals surface area contributed by atoms with E-state index >= 15 is 0 Å². The summed E-state index contributed by atoms with van der Waals surface area (Å²) in [4.78, 5) is 2.34. The molecule has 0 unspecified atom stereocenters. The van der Waals surface area contributed by atoms with Crippen molar-refractivity contribution in [3.05, 3.63) is 10.7 Å². The molecule has 0 spiro atoms. The molecule has 1 aliphatic rings. The summed E-state index contributed by atoms with van der Waals surface area (Å²) in [5, 5.41) is 7.59. The van der Waals surface area contributed by atoms with E-state index in [0.29, 0.717) is 0 Å². The molecule has 0 radical (unpaired) electrons. The Morgan fingerprint density at radius 3 is 2.69 bits per heavy atom. The minimum Gasteiger partial charge on any atom is -0.354 e. The van der Waals surface area contributed by atoms with Crippen LogP contribution in [0, 0.1) is 0 Å². The van der Waals surface area contributed by atoms with Gasteiger partial charge < -0.3 is 10.2 Å². The van der Waals surface area contributed by atoms with Crippen molar-refractivity contribution in [1.82, 2.24) is 15.1 Å². The molecular formula is C8H13BrN4. The van der Waals surface area contributed by atoms with Gasteiger partial charge in [0.1, 0.15) is 10.4 Å². The SMILES string of the molecule is Cn1nc(Br)cc1N1CCNCC1. The van der Waals surface area contributed by atoms with Crippen molar-refractivity contribution >= 4 is 21.7 Å². The molecule has 5 heteroatoms. The van der Waals surface area contributed by atoms with Crippen molar-refractivity contribution in [1.29, 1.82) is 0 Å². The van der Waals surface area contributed by atoms with Crippen LogP contribution in [0.3, 0.4) is 0 Å². The van der Waals surface area contributed by atoms with Gasteiger partial charge in [0.15, 0.2) is 0 Å². The molecule has 2 rings (SSSR count). The van der Waals surface area contributed by atoms with Gasteiger partial charge in [-0.1, -0.05) is 0 Å². The number of nitrogens with zero attached hydrogens (tertiary/aromatic N) is 3. The first-order valence-corrected chi connectivity index (χ1v) is 5.22. The average Bonchev–Trinajstić information content (AvgIpc) is 2.47. The first-order valence-electron chi connectivity index (χ1n) is 4.42. The second-order valence-electron chi connectivity index (χ2n) is 3.19. The van der Waals surface area contributed by atoms with E-state index in [4.69, 9.17) is 0 Å². The highest BCUT2D eigenvalue weighted by Crippen LogP contribution is 2.18. The molecule has 0 saturated carbocycles. The lowest BCUT2D eigenvalue weighted by atomic mass is 10.3. The fraction of sp³-hybridized carbons (Fsp3) is 0.625. The number of halogens is 1. The number of piperazine rings is 1. The fourth-order valence-electron chi connectivity index (χ4n) is 1.61. The molecular weight excluding hydrogens is 232 g/mol. The Morgan fingerprint density at radius 2 is 2.15 bits per heavy atom. The maximum Gasteiger partial charge on any atom is 0.130 e. The molecule has 0 atom stereocenters. The summed E-state index contributed by atoms with van der Waals surface area (Å²) in [6, 6.07) is 2.06. The number of anilines is 1. The summed E-state index contributed by atoms with van der Waals surface area (Å²) in [7, 11) is 1.97. The summed E-state index contributed by atoms with van der Waals surface area (Å²) < 4.78 is 2.82. The Hall–Kier alpha value is -0.550. The van der Waals surface area contributed by atoms with E-state index in [1.54, 1.807) is 0 Å². The van der Waals surface area contributed by atoms with Crippen molar-refractivity contribution < 1.29 is 0 Å². The van der Waals surface area contributed by atoms with E-state index in [2.05, 4.69) is 37.3 Å². The number of nitrogens with one attached hydrogen (secondary N) is 1. The molecule has 0 bridgehead atoms. The zero-order chi connectivity index (χ0) is 9.26. The van der Waals surface area contributed by atoms with Gasteiger partial charge >= 0.3 is 0 Å². The number of rotatable bonds is 1. The Morgan fingerprint density at radius 1 is 1.46 bits per heavy atom. The van der Waals surface area contributed by atoms with Gasteiger partial charge in [0.25, 0.3) is 0 Å². The zero-order valence-electron chi connectivity index (χ0n) is 7.63. The predicted octanol–water partition coefficient (Wildman–Crippen LogP) is 0.592. The normalized spacial score (nSPS) is 17.8. The molecule has 2 heterocycles. The molecule has 1 N–H and O–H groups in total. The van der Waals surface area contributed by atoms with Gasteiger partial charge in [-0.15, -0.1) is 0 Å². The monoisotopic (exact) mass is 244 g/mol. The lowest BCUT2D eigenvalue weighted by Crippen LogP contribution is -2.44. The average molecular weight is 245 g/mol. The molecule has 0 aliphatic carbocycles. The van der Waals surface area contributed by atoms with Crippen LogP contribution in [-0.4, -0.2) is 36.0 Å². The van der Waals surface area contributed by atoms with E-state index in [-0.39, 0.29) is 0 Å². The molecule has 0 amide bonds. The van der Waals surface area contributed by atoms with Gasteiger partial charge in [-0.05, 0) is 15.9 Å². The topological polar surface area (TPSA) is 33.1 Å². The molecule has 13 heavy (non-hydrogen) atoms. The number of hydrogen-bond donors (Lipinski definition) is 1. The van der Waals surface area contributed by atoms with Gasteiger partial charge in [-0.25, -0.2) is 0 Å². The molecule has 1 aromatic rings. The molecule has 4 nitrogen and oxygen atoms in total. The fourth-order valence-corrected chi connectivity index (χ4v) is 2.06. The van der Waals surface area contributed by atoms with Crippen molar-refractivity contribution in [2.45, 2.75) is 0 Å². The largest absolute Gasteiger partial charge is 0.354 e. The molecule has 1 saturated heterocycles. The third kappa shape index (κ3) is 1.86. The van der Waals surface area contributed by atoms with Crippen LogP contribution in [0.5, 0.6) is 0 Å². The quantitative estimate of drug-likeness (QED) is 0.786. The van der Waals surface area contributed by atoms with Crippen molar-refractivity contribution in [3.8, 4) is 0 Å². The molecule has 1 aliphatic heterocycles. The minimum atomic E-state index is 0.906. The van der Waals surface area contributed by atoms with Gasteiger partial charge in [0, 0.05) is 39.3 Å². The highest BCUT2D eigenvalue weighted by Gasteiger charge is 2.14. The minimum absolute atomic E-state index is 0.906. The van der Waals surface area contributed by atoms with Gasteiger partial charge in [0.2, 0.25) is 0 Å². The van der Waals surface area contributed by atoms with Crippen LogP contribution in [0.2, 0.25) is 0 Å². The van der Waals surface area contributed by atoms with Crippen LogP contribution < -0.4 is 10.2 Å². The van der Waals surface area contributed by atoms with Crippen LogP contribution in [0.4, 0.5) is 5.82 Å². The smallest absolute Gasteiger partial charge is 0.130 e. The molecule has 1 fully saturated rings. The highest BCUT2D eigenvalue weighted by molar-refractivity contribution is 9.10.